The van der Waals surface area contributed by atoms with Gasteiger partial charge in [-0.25, -0.2) is 19.4 Å². The van der Waals surface area contributed by atoms with Crippen molar-refractivity contribution in [3.8, 4) is 11.7 Å². The Morgan fingerprint density at radius 1 is 1.30 bits per heavy atom. The molecule has 1 N–H and O–H groups in total. The molecular formula is C15H13N5O3. The van der Waals surface area contributed by atoms with E-state index in [4.69, 9.17) is 4.74 Å². The van der Waals surface area contributed by atoms with Gasteiger partial charge in [0.25, 0.3) is 0 Å². The topological polar surface area (TPSA) is 102 Å². The van der Waals surface area contributed by atoms with Gasteiger partial charge in [-0.1, -0.05) is 12.2 Å². The third kappa shape index (κ3) is 3.00. The van der Waals surface area contributed by atoms with Crippen molar-refractivity contribution in [1.29, 1.82) is 0 Å². The molecule has 2 aromatic rings. The van der Waals surface area contributed by atoms with Gasteiger partial charge in [0, 0.05) is 6.21 Å². The molecule has 0 atom stereocenters. The number of allylic oxidation sites excluding steroid dienone is 3. The number of carboxylic acid groups (broad SMARTS) is 1. The second kappa shape index (κ2) is 6.22. The van der Waals surface area contributed by atoms with E-state index in [0.717, 1.165) is 5.57 Å². The number of aromatic carboxylic acids is 1. The molecular weight excluding hydrogens is 298 g/mol. The summed E-state index contributed by atoms with van der Waals surface area (Å²) in [5.41, 5.74) is 1.36. The Bertz CT molecular complexity index is 818. The molecule has 0 amide bonds. The summed E-state index contributed by atoms with van der Waals surface area (Å²) in [4.78, 5) is 23.8. The fraction of sp³-hybridized carbons (Fsp3) is 0.133. The van der Waals surface area contributed by atoms with E-state index in [2.05, 4.69) is 20.1 Å². The Labute approximate surface area is 131 Å². The van der Waals surface area contributed by atoms with Gasteiger partial charge in [-0.05, 0) is 17.7 Å². The van der Waals surface area contributed by atoms with Crippen LogP contribution in [0.15, 0.2) is 41.7 Å². The van der Waals surface area contributed by atoms with E-state index < -0.39 is 5.97 Å². The van der Waals surface area contributed by atoms with E-state index in [1.807, 2.05) is 12.2 Å². The van der Waals surface area contributed by atoms with Gasteiger partial charge in [0.1, 0.15) is 0 Å². The Morgan fingerprint density at radius 2 is 2.17 bits per heavy atom. The summed E-state index contributed by atoms with van der Waals surface area (Å²) in [7, 11) is 1.49. The van der Waals surface area contributed by atoms with Gasteiger partial charge in [0.15, 0.2) is 11.5 Å². The highest BCUT2D eigenvalue weighted by atomic mass is 16.5. The van der Waals surface area contributed by atoms with E-state index >= 15 is 0 Å². The number of nitrogens with zero attached hydrogens (tertiary/aromatic N) is 5. The summed E-state index contributed by atoms with van der Waals surface area (Å²) in [6.45, 7) is 0.418. The van der Waals surface area contributed by atoms with Crippen molar-refractivity contribution in [3.63, 3.8) is 0 Å². The van der Waals surface area contributed by atoms with Gasteiger partial charge in [0.05, 0.1) is 31.7 Å². The molecule has 0 unspecified atom stereocenters. The average molecular weight is 311 g/mol. The van der Waals surface area contributed by atoms with Crippen LogP contribution in [0.4, 0.5) is 0 Å². The highest BCUT2D eigenvalue weighted by Gasteiger charge is 2.18. The third-order valence-corrected chi connectivity index (χ3v) is 3.16. The lowest BCUT2D eigenvalue weighted by atomic mass is 10.1. The Kier molecular flexibility index (Phi) is 3.96. The number of carbonyl (C=O) groups is 1. The molecule has 8 nitrogen and oxygen atoms in total. The monoisotopic (exact) mass is 311 g/mol. The molecule has 1 aliphatic heterocycles. The van der Waals surface area contributed by atoms with Crippen molar-refractivity contribution in [2.24, 2.45) is 4.99 Å². The highest BCUT2D eigenvalue weighted by molar-refractivity contribution is 5.87. The molecule has 3 rings (SSSR count). The lowest BCUT2D eigenvalue weighted by molar-refractivity contribution is 0.0690. The predicted molar refractivity (Wildman–Crippen MR) is 83.1 cm³/mol. The minimum absolute atomic E-state index is 0.0734. The van der Waals surface area contributed by atoms with Gasteiger partial charge in [0.2, 0.25) is 5.88 Å². The van der Waals surface area contributed by atoms with Crippen LogP contribution in [0.3, 0.4) is 0 Å². The fourth-order valence-corrected chi connectivity index (χ4v) is 2.07. The lowest BCUT2D eigenvalue weighted by Crippen LogP contribution is -2.07. The SMILES string of the molecule is COc1cnc(-n2nc(C(=O)O)cc2C2=CC=CC=NC2)cn1. The number of hydrogen-bond acceptors (Lipinski definition) is 6. The van der Waals surface area contributed by atoms with Crippen LogP contribution in [0.5, 0.6) is 5.88 Å². The normalized spacial score (nSPS) is 13.5. The van der Waals surface area contributed by atoms with Crippen LogP contribution in [-0.4, -0.2) is 50.7 Å². The zero-order valence-electron chi connectivity index (χ0n) is 12.2. The molecule has 0 saturated carbocycles. The number of methoxy groups -OCH3 is 1. The van der Waals surface area contributed by atoms with Gasteiger partial charge in [-0.2, -0.15) is 5.10 Å². The van der Waals surface area contributed by atoms with Crippen molar-refractivity contribution >= 4 is 17.8 Å². The Balaban J connectivity index is 2.10. The van der Waals surface area contributed by atoms with Gasteiger partial charge >= 0.3 is 5.97 Å². The molecule has 0 aromatic carbocycles. The number of aromatic nitrogens is 4. The fourth-order valence-electron chi connectivity index (χ4n) is 2.07. The van der Waals surface area contributed by atoms with Gasteiger partial charge in [-0.15, -0.1) is 0 Å². The molecule has 0 saturated heterocycles. The van der Waals surface area contributed by atoms with Gasteiger partial charge < -0.3 is 9.84 Å². The number of aliphatic imine (C=N–C) groups is 1. The van der Waals surface area contributed by atoms with Crippen LogP contribution >= 0.6 is 0 Å². The first-order chi connectivity index (χ1) is 11.2. The largest absolute Gasteiger partial charge is 0.480 e. The zero-order valence-corrected chi connectivity index (χ0v) is 12.2. The molecule has 1 aliphatic rings. The minimum Gasteiger partial charge on any atom is -0.480 e. The zero-order chi connectivity index (χ0) is 16.2. The number of ether oxygens (including phenoxy) is 1. The first kappa shape index (κ1) is 14.6. The first-order valence-electron chi connectivity index (χ1n) is 6.75. The lowest BCUT2D eigenvalue weighted by Gasteiger charge is -2.08. The van der Waals surface area contributed by atoms with Crippen LogP contribution in [0.25, 0.3) is 11.4 Å². The van der Waals surface area contributed by atoms with Crippen LogP contribution in [0.1, 0.15) is 16.2 Å². The summed E-state index contributed by atoms with van der Waals surface area (Å²) in [5.74, 6) is -0.353. The third-order valence-electron chi connectivity index (χ3n) is 3.16. The Morgan fingerprint density at radius 3 is 2.87 bits per heavy atom. The summed E-state index contributed by atoms with van der Waals surface area (Å²) in [6.07, 6.45) is 10.1. The van der Waals surface area contributed by atoms with E-state index in [1.54, 1.807) is 12.3 Å². The molecule has 0 radical (unpaired) electrons. The maximum Gasteiger partial charge on any atom is 0.356 e. The maximum atomic E-state index is 11.3. The average Bonchev–Trinajstić information content (AvgIpc) is 2.84. The van der Waals surface area contributed by atoms with Crippen molar-refractivity contribution in [2.45, 2.75) is 0 Å². The van der Waals surface area contributed by atoms with Crippen molar-refractivity contribution in [3.05, 3.63) is 48.1 Å². The number of hydrogen-bond donors (Lipinski definition) is 1. The molecule has 23 heavy (non-hydrogen) atoms. The first-order valence-corrected chi connectivity index (χ1v) is 6.75. The maximum absolute atomic E-state index is 11.3. The smallest absolute Gasteiger partial charge is 0.356 e. The molecule has 0 spiro atoms. The van der Waals surface area contributed by atoms with Crippen LogP contribution < -0.4 is 4.74 Å². The van der Waals surface area contributed by atoms with Crippen molar-refractivity contribution < 1.29 is 14.6 Å². The molecule has 116 valence electrons. The second-order valence-electron chi connectivity index (χ2n) is 4.62. The molecule has 0 bridgehead atoms. The molecule has 0 fully saturated rings. The standard InChI is InChI=1S/C15H13N5O3/c1-23-14-9-17-13(8-18-14)20-12(6-11(19-20)15(21)22)10-4-2-3-5-16-7-10/h2-6,8-9H,7H2,1H3,(H,21,22). The highest BCUT2D eigenvalue weighted by Crippen LogP contribution is 2.21. The number of rotatable bonds is 4. The summed E-state index contributed by atoms with van der Waals surface area (Å²) < 4.78 is 6.42. The molecule has 2 aromatic heterocycles. The second-order valence-corrected chi connectivity index (χ2v) is 4.62. The van der Waals surface area contributed by atoms with E-state index in [0.29, 0.717) is 23.9 Å². The van der Waals surface area contributed by atoms with Crippen LogP contribution in [0, 0.1) is 0 Å². The van der Waals surface area contributed by atoms with Crippen molar-refractivity contribution in [1.82, 2.24) is 19.7 Å². The van der Waals surface area contributed by atoms with E-state index in [9.17, 15) is 9.90 Å². The van der Waals surface area contributed by atoms with Crippen LogP contribution in [-0.2, 0) is 0 Å². The minimum atomic E-state index is -1.11. The van der Waals surface area contributed by atoms with Crippen molar-refractivity contribution in [2.75, 3.05) is 13.7 Å². The number of carboxylic acids is 1. The molecule has 0 aliphatic carbocycles. The van der Waals surface area contributed by atoms with Gasteiger partial charge in [-0.3, -0.25) is 4.99 Å². The van der Waals surface area contributed by atoms with E-state index in [1.165, 1.54) is 30.3 Å². The molecule has 3 heterocycles. The Hall–Kier alpha value is -3.29. The quantitative estimate of drug-likeness (QED) is 0.915. The summed E-state index contributed by atoms with van der Waals surface area (Å²) in [5, 5.41) is 13.3. The molecule has 8 heteroatoms. The summed E-state index contributed by atoms with van der Waals surface area (Å²) >= 11 is 0. The van der Waals surface area contributed by atoms with E-state index in [-0.39, 0.29) is 5.69 Å². The predicted octanol–water partition coefficient (Wildman–Crippen LogP) is 1.39. The summed E-state index contributed by atoms with van der Waals surface area (Å²) in [6, 6.07) is 1.49. The van der Waals surface area contributed by atoms with Crippen LogP contribution in [0.2, 0.25) is 0 Å².